The average Bonchev–Trinajstić information content (AvgIpc) is 3.06. The molecule has 35 heavy (non-hydrogen) atoms. The van der Waals surface area contributed by atoms with Crippen LogP contribution in [0.5, 0.6) is 0 Å². The van der Waals surface area contributed by atoms with Gasteiger partial charge in [0.25, 0.3) is 0 Å². The van der Waals surface area contributed by atoms with Gasteiger partial charge in [0.05, 0.1) is 30.6 Å². The van der Waals surface area contributed by atoms with Gasteiger partial charge in [-0.15, -0.1) is 0 Å². The second-order valence-electron chi connectivity index (χ2n) is 7.26. The van der Waals surface area contributed by atoms with Gasteiger partial charge in [-0.25, -0.2) is 22.4 Å². The molecule has 11 nitrogen and oxygen atoms in total. The smallest absolute Gasteiger partial charge is 0.360 e. The molecule has 1 aromatic heterocycles. The number of aromatic nitrogens is 3. The zero-order valence-corrected chi connectivity index (χ0v) is 20.6. The van der Waals surface area contributed by atoms with Crippen LogP contribution in [0.1, 0.15) is 17.0 Å². The normalized spacial score (nSPS) is 11.9. The summed E-state index contributed by atoms with van der Waals surface area (Å²) in [6.07, 6.45) is 0.907. The van der Waals surface area contributed by atoms with Gasteiger partial charge in [0.2, 0.25) is 10.0 Å². The first-order valence-corrected chi connectivity index (χ1v) is 12.1. The van der Waals surface area contributed by atoms with E-state index in [9.17, 15) is 22.4 Å². The highest BCUT2D eigenvalue weighted by Gasteiger charge is 2.22. The molecular formula is C21H21ClFN5O6S. The zero-order chi connectivity index (χ0) is 25.9. The maximum absolute atomic E-state index is 14.7. The van der Waals surface area contributed by atoms with E-state index in [2.05, 4.69) is 15.0 Å². The Labute approximate surface area is 204 Å². The summed E-state index contributed by atoms with van der Waals surface area (Å²) in [5.41, 5.74) is -0.381. The lowest BCUT2D eigenvalue weighted by Crippen LogP contribution is -2.27. The van der Waals surface area contributed by atoms with Crippen molar-refractivity contribution >= 4 is 39.0 Å². The summed E-state index contributed by atoms with van der Waals surface area (Å²) < 4.78 is 46.9. The molecule has 0 saturated heterocycles. The second-order valence-corrected chi connectivity index (χ2v) is 9.41. The number of sulfonamides is 1. The standard InChI is InChI=1S/C21H21ClFN5O6S/c1-12-24-28(18-10-17(26-35(4,31)32)15(22)9-16(18)23)21(30)27(12)11-13-7-5-6-8-14(13)19(25-34-3)20(29)33-2/h5-10,26H,11H2,1-4H3/b25-19+. The van der Waals surface area contributed by atoms with Crippen molar-refractivity contribution in [2.75, 3.05) is 25.2 Å². The van der Waals surface area contributed by atoms with E-state index in [0.717, 1.165) is 23.1 Å². The van der Waals surface area contributed by atoms with E-state index < -0.39 is 27.5 Å². The fourth-order valence-electron chi connectivity index (χ4n) is 3.25. The Hall–Kier alpha value is -3.71. The number of methoxy groups -OCH3 is 1. The maximum Gasteiger partial charge on any atom is 0.360 e. The summed E-state index contributed by atoms with van der Waals surface area (Å²) in [6, 6.07) is 8.61. The van der Waals surface area contributed by atoms with Gasteiger partial charge in [-0.1, -0.05) is 41.0 Å². The van der Waals surface area contributed by atoms with Gasteiger partial charge in [0.1, 0.15) is 18.6 Å². The Morgan fingerprint density at radius 3 is 2.57 bits per heavy atom. The molecule has 0 radical (unpaired) electrons. The lowest BCUT2D eigenvalue weighted by molar-refractivity contribution is -0.132. The lowest BCUT2D eigenvalue weighted by Gasteiger charge is -2.11. The van der Waals surface area contributed by atoms with Crippen molar-refractivity contribution in [3.63, 3.8) is 0 Å². The quantitative estimate of drug-likeness (QED) is 0.270. The molecule has 186 valence electrons. The van der Waals surface area contributed by atoms with E-state index in [0.29, 0.717) is 11.1 Å². The molecule has 0 bridgehead atoms. The first-order chi connectivity index (χ1) is 16.5. The number of hydrogen-bond donors (Lipinski definition) is 1. The highest BCUT2D eigenvalue weighted by atomic mass is 35.5. The van der Waals surface area contributed by atoms with E-state index in [1.807, 2.05) is 0 Å². The number of oxime groups is 1. The van der Waals surface area contributed by atoms with Crippen LogP contribution in [0.4, 0.5) is 10.1 Å². The van der Waals surface area contributed by atoms with Crippen molar-refractivity contribution < 1.29 is 27.2 Å². The van der Waals surface area contributed by atoms with Crippen molar-refractivity contribution in [2.45, 2.75) is 13.5 Å². The van der Waals surface area contributed by atoms with Gasteiger partial charge in [-0.3, -0.25) is 9.29 Å². The number of ether oxygens (including phenoxy) is 1. The third-order valence-corrected chi connectivity index (χ3v) is 5.67. The van der Waals surface area contributed by atoms with Gasteiger partial charge in [-0.05, 0) is 24.6 Å². The number of esters is 1. The molecule has 0 fully saturated rings. The number of anilines is 1. The van der Waals surface area contributed by atoms with Crippen LogP contribution in [0.15, 0.2) is 46.3 Å². The highest BCUT2D eigenvalue weighted by Crippen LogP contribution is 2.28. The molecule has 1 heterocycles. The molecule has 0 saturated carbocycles. The van der Waals surface area contributed by atoms with Gasteiger partial charge in [0.15, 0.2) is 11.5 Å². The Bertz CT molecular complexity index is 1480. The van der Waals surface area contributed by atoms with Crippen molar-refractivity contribution in [3.8, 4) is 5.69 Å². The number of carbonyl (C=O) groups is 1. The first kappa shape index (κ1) is 25.9. The van der Waals surface area contributed by atoms with E-state index in [4.69, 9.17) is 21.2 Å². The maximum atomic E-state index is 14.7. The predicted molar refractivity (Wildman–Crippen MR) is 127 cm³/mol. The summed E-state index contributed by atoms with van der Waals surface area (Å²) in [5, 5.41) is 7.67. The van der Waals surface area contributed by atoms with Crippen molar-refractivity contribution in [1.82, 2.24) is 14.3 Å². The number of aryl methyl sites for hydroxylation is 1. The molecule has 0 atom stereocenters. The number of rotatable bonds is 8. The molecule has 3 aromatic rings. The summed E-state index contributed by atoms with van der Waals surface area (Å²) in [4.78, 5) is 30.2. The molecule has 1 N–H and O–H groups in total. The monoisotopic (exact) mass is 525 g/mol. The second kappa shape index (κ2) is 10.3. The minimum atomic E-state index is -3.72. The van der Waals surface area contributed by atoms with Gasteiger partial charge in [-0.2, -0.15) is 9.78 Å². The van der Waals surface area contributed by atoms with Crippen molar-refractivity contribution in [2.24, 2.45) is 5.16 Å². The Kier molecular flexibility index (Phi) is 7.60. The molecule has 0 aliphatic carbocycles. The molecule has 3 rings (SSSR count). The summed E-state index contributed by atoms with van der Waals surface area (Å²) >= 11 is 5.95. The third kappa shape index (κ3) is 5.69. The Morgan fingerprint density at radius 1 is 1.26 bits per heavy atom. The van der Waals surface area contributed by atoms with Crippen LogP contribution in [0.2, 0.25) is 5.02 Å². The Balaban J connectivity index is 2.10. The highest BCUT2D eigenvalue weighted by molar-refractivity contribution is 7.92. The topological polar surface area (TPSA) is 134 Å². The number of halogens is 2. The summed E-state index contributed by atoms with van der Waals surface area (Å²) in [6.45, 7) is 1.48. The molecule has 14 heteroatoms. The summed E-state index contributed by atoms with van der Waals surface area (Å²) in [5.74, 6) is -1.41. The van der Waals surface area contributed by atoms with E-state index in [1.165, 1.54) is 25.7 Å². The minimum absolute atomic E-state index is 0.0514. The number of nitrogens with zero attached hydrogens (tertiary/aromatic N) is 4. The van der Waals surface area contributed by atoms with Crippen LogP contribution >= 0.6 is 11.6 Å². The minimum Gasteiger partial charge on any atom is -0.464 e. The van der Waals surface area contributed by atoms with Crippen molar-refractivity contribution in [1.29, 1.82) is 0 Å². The Morgan fingerprint density at radius 2 is 1.94 bits per heavy atom. The van der Waals surface area contributed by atoms with Crippen LogP contribution in [0.25, 0.3) is 5.69 Å². The summed E-state index contributed by atoms with van der Waals surface area (Å²) in [7, 11) is -1.25. The molecule has 0 amide bonds. The molecule has 0 spiro atoms. The zero-order valence-electron chi connectivity index (χ0n) is 19.1. The van der Waals surface area contributed by atoms with Crippen LogP contribution < -0.4 is 10.4 Å². The van der Waals surface area contributed by atoms with Gasteiger partial charge < -0.3 is 9.57 Å². The van der Waals surface area contributed by atoms with Crippen LogP contribution in [0, 0.1) is 12.7 Å². The number of benzene rings is 2. The lowest BCUT2D eigenvalue weighted by atomic mass is 10.0. The fraction of sp³-hybridized carbons (Fsp3) is 0.238. The number of nitrogens with one attached hydrogen (secondary N) is 1. The van der Waals surface area contributed by atoms with Crippen molar-refractivity contribution in [3.05, 3.63) is 74.7 Å². The van der Waals surface area contributed by atoms with E-state index >= 15 is 0 Å². The molecule has 2 aromatic carbocycles. The number of carbonyl (C=O) groups excluding carboxylic acids is 1. The molecule has 0 aliphatic rings. The van der Waals surface area contributed by atoms with Crippen LogP contribution in [-0.4, -0.2) is 54.9 Å². The average molecular weight is 526 g/mol. The third-order valence-electron chi connectivity index (χ3n) is 4.77. The molecule has 0 unspecified atom stereocenters. The predicted octanol–water partition coefficient (Wildman–Crippen LogP) is 2.08. The first-order valence-electron chi connectivity index (χ1n) is 9.88. The van der Waals surface area contributed by atoms with Gasteiger partial charge >= 0.3 is 11.7 Å². The SMILES string of the molecule is CO/N=C(/C(=O)OC)c1ccccc1Cn1c(C)nn(-c2cc(NS(C)(=O)=O)c(Cl)cc2F)c1=O. The number of hydrogen-bond acceptors (Lipinski definition) is 8. The van der Waals surface area contributed by atoms with E-state index in [1.54, 1.807) is 24.3 Å². The van der Waals surface area contributed by atoms with Crippen LogP contribution in [-0.2, 0) is 30.9 Å². The van der Waals surface area contributed by atoms with E-state index in [-0.39, 0.29) is 34.5 Å². The fourth-order valence-corrected chi connectivity index (χ4v) is 4.08. The molecule has 0 aliphatic heterocycles. The largest absolute Gasteiger partial charge is 0.464 e. The molecular weight excluding hydrogens is 505 g/mol. The van der Waals surface area contributed by atoms with Crippen LogP contribution in [0.3, 0.4) is 0 Å². The van der Waals surface area contributed by atoms with Gasteiger partial charge in [0, 0.05) is 5.56 Å².